The molecule has 1 heterocycles. The van der Waals surface area contributed by atoms with Crippen LogP contribution in [-0.4, -0.2) is 21.2 Å². The molecule has 1 saturated heterocycles. The van der Waals surface area contributed by atoms with Crippen LogP contribution in [0.2, 0.25) is 0 Å². The van der Waals surface area contributed by atoms with Crippen LogP contribution in [0.5, 0.6) is 0 Å². The second-order valence-corrected chi connectivity index (χ2v) is 8.48. The van der Waals surface area contributed by atoms with Gasteiger partial charge < -0.3 is 0 Å². The third kappa shape index (κ3) is 2.10. The van der Waals surface area contributed by atoms with Crippen molar-refractivity contribution in [2.45, 2.75) is 30.6 Å². The summed E-state index contributed by atoms with van der Waals surface area (Å²) < 4.78 is 0.408. The van der Waals surface area contributed by atoms with Crippen LogP contribution >= 0.6 is 35.3 Å². The van der Waals surface area contributed by atoms with Crippen molar-refractivity contribution in [1.29, 1.82) is 0 Å². The Hall–Kier alpha value is 1.05. The molecule has 1 rings (SSSR count). The molecule has 1 aliphatic rings. The normalized spacial score (nSPS) is 24.0. The first-order chi connectivity index (χ1) is 5.52. The van der Waals surface area contributed by atoms with Crippen LogP contribution in [0.3, 0.4) is 0 Å². The van der Waals surface area contributed by atoms with Gasteiger partial charge in [0.2, 0.25) is 0 Å². The Bertz CT molecular complexity index is 142. The van der Waals surface area contributed by atoms with Gasteiger partial charge in [-0.05, 0) is 29.6 Å². The van der Waals surface area contributed by atoms with Gasteiger partial charge in [-0.2, -0.15) is 0 Å². The van der Waals surface area contributed by atoms with Gasteiger partial charge in [-0.3, -0.25) is 0 Å². The molecule has 0 aromatic carbocycles. The summed E-state index contributed by atoms with van der Waals surface area (Å²) in [5.74, 6) is 2.68. The first-order valence-corrected chi connectivity index (χ1v) is 7.54. The summed E-state index contributed by atoms with van der Waals surface area (Å²) in [5, 5.41) is 0. The van der Waals surface area contributed by atoms with Crippen LogP contribution in [0, 0.1) is 5.41 Å². The van der Waals surface area contributed by atoms with E-state index in [1.807, 2.05) is 11.8 Å². The zero-order valence-electron chi connectivity index (χ0n) is 8.35. The Morgan fingerprint density at radius 1 is 1.17 bits per heavy atom. The third-order valence-electron chi connectivity index (χ3n) is 2.06. The van der Waals surface area contributed by atoms with E-state index in [-0.39, 0.29) is 0 Å². The highest BCUT2D eigenvalue weighted by Crippen LogP contribution is 2.59. The van der Waals surface area contributed by atoms with Crippen LogP contribution in [-0.2, 0) is 0 Å². The van der Waals surface area contributed by atoms with Crippen molar-refractivity contribution in [2.75, 3.05) is 17.8 Å². The second-order valence-electron chi connectivity index (χ2n) is 4.06. The van der Waals surface area contributed by atoms with E-state index in [0.717, 1.165) is 0 Å². The molecule has 3 heteroatoms. The van der Waals surface area contributed by atoms with E-state index in [1.54, 1.807) is 0 Å². The lowest BCUT2D eigenvalue weighted by atomic mass is 9.99. The van der Waals surface area contributed by atoms with E-state index < -0.39 is 0 Å². The molecule has 0 unspecified atom stereocenters. The lowest BCUT2D eigenvalue weighted by Gasteiger charge is -2.44. The largest absolute Gasteiger partial charge is 0.136 e. The van der Waals surface area contributed by atoms with Crippen molar-refractivity contribution in [3.05, 3.63) is 0 Å². The Morgan fingerprint density at radius 2 is 1.67 bits per heavy atom. The highest BCUT2D eigenvalue weighted by Gasteiger charge is 2.43. The molecule has 0 aromatic rings. The minimum Gasteiger partial charge on any atom is -0.136 e. The number of rotatable bonds is 1. The van der Waals surface area contributed by atoms with Gasteiger partial charge >= 0.3 is 0 Å². The van der Waals surface area contributed by atoms with Crippen LogP contribution in [0.4, 0.5) is 0 Å². The maximum Gasteiger partial charge on any atom is 0.111 e. The summed E-state index contributed by atoms with van der Waals surface area (Å²) in [6, 6.07) is 0. The molecule has 0 radical (unpaired) electrons. The van der Waals surface area contributed by atoms with E-state index in [0.29, 0.717) is 8.83 Å². The molecule has 0 spiro atoms. The Balaban J connectivity index is 2.73. The molecule has 0 amide bonds. The SMILES string of the molecule is CSC1(C(C)(C)C)SCCCS1. The molecule has 0 aromatic heterocycles. The summed E-state index contributed by atoms with van der Waals surface area (Å²) in [4.78, 5) is 0. The van der Waals surface area contributed by atoms with Crippen molar-refractivity contribution in [3.63, 3.8) is 0 Å². The average Bonchev–Trinajstić information content (AvgIpc) is 2.04. The quantitative estimate of drug-likeness (QED) is 0.660. The van der Waals surface area contributed by atoms with Crippen molar-refractivity contribution in [2.24, 2.45) is 5.41 Å². The second kappa shape index (κ2) is 4.05. The fourth-order valence-electron chi connectivity index (χ4n) is 1.37. The Morgan fingerprint density at radius 3 is 1.92 bits per heavy atom. The van der Waals surface area contributed by atoms with Gasteiger partial charge in [0.15, 0.2) is 0 Å². The van der Waals surface area contributed by atoms with Gasteiger partial charge in [0.05, 0.1) is 0 Å². The summed E-state index contributed by atoms with van der Waals surface area (Å²) in [5.41, 5.74) is 0.405. The van der Waals surface area contributed by atoms with Crippen LogP contribution in [0.25, 0.3) is 0 Å². The van der Waals surface area contributed by atoms with Gasteiger partial charge in [-0.1, -0.05) is 20.8 Å². The van der Waals surface area contributed by atoms with E-state index >= 15 is 0 Å². The lowest BCUT2D eigenvalue weighted by molar-refractivity contribution is 0.438. The zero-order chi connectivity index (χ0) is 9.24. The number of thioether (sulfide) groups is 3. The van der Waals surface area contributed by atoms with E-state index in [4.69, 9.17) is 0 Å². The summed E-state index contributed by atoms with van der Waals surface area (Å²) >= 11 is 6.31. The zero-order valence-corrected chi connectivity index (χ0v) is 10.8. The van der Waals surface area contributed by atoms with Crippen LogP contribution in [0.15, 0.2) is 0 Å². The fraction of sp³-hybridized carbons (Fsp3) is 1.00. The molecule has 0 aliphatic carbocycles. The Kier molecular flexibility index (Phi) is 3.76. The first kappa shape index (κ1) is 11.1. The summed E-state index contributed by atoms with van der Waals surface area (Å²) in [6.07, 6.45) is 3.63. The maximum atomic E-state index is 2.36. The van der Waals surface area contributed by atoms with E-state index in [2.05, 4.69) is 50.6 Å². The molecule has 1 fully saturated rings. The molecule has 0 atom stereocenters. The first-order valence-electron chi connectivity index (χ1n) is 4.35. The number of hydrogen-bond donors (Lipinski definition) is 0. The number of hydrogen-bond acceptors (Lipinski definition) is 3. The van der Waals surface area contributed by atoms with Gasteiger partial charge in [-0.25, -0.2) is 0 Å². The van der Waals surface area contributed by atoms with Crippen molar-refractivity contribution < 1.29 is 0 Å². The van der Waals surface area contributed by atoms with E-state index in [1.165, 1.54) is 17.9 Å². The van der Waals surface area contributed by atoms with Crippen molar-refractivity contribution >= 4 is 35.3 Å². The topological polar surface area (TPSA) is 0 Å². The minimum absolute atomic E-state index is 0.405. The predicted molar refractivity (Wildman–Crippen MR) is 65.2 cm³/mol. The molecule has 72 valence electrons. The fourth-order valence-corrected chi connectivity index (χ4v) is 6.42. The molecular formula is C9H18S3. The van der Waals surface area contributed by atoms with E-state index in [9.17, 15) is 0 Å². The molecule has 0 saturated carbocycles. The Labute approximate surface area is 89.0 Å². The predicted octanol–water partition coefficient (Wildman–Crippen LogP) is 3.92. The van der Waals surface area contributed by atoms with Gasteiger partial charge in [0.1, 0.15) is 3.41 Å². The standard InChI is InChI=1S/C9H18S3/c1-8(2,3)9(10-4)11-6-5-7-12-9/h5-7H2,1-4H3. The monoisotopic (exact) mass is 222 g/mol. The molecule has 12 heavy (non-hydrogen) atoms. The molecule has 0 nitrogen and oxygen atoms in total. The van der Waals surface area contributed by atoms with Crippen LogP contribution < -0.4 is 0 Å². The summed E-state index contributed by atoms with van der Waals surface area (Å²) in [6.45, 7) is 7.07. The molecule has 0 bridgehead atoms. The molecular weight excluding hydrogens is 204 g/mol. The molecule has 0 N–H and O–H groups in total. The smallest absolute Gasteiger partial charge is 0.111 e. The van der Waals surface area contributed by atoms with Crippen molar-refractivity contribution in [3.8, 4) is 0 Å². The average molecular weight is 222 g/mol. The summed E-state index contributed by atoms with van der Waals surface area (Å²) in [7, 11) is 0. The van der Waals surface area contributed by atoms with Gasteiger partial charge in [0, 0.05) is 0 Å². The maximum absolute atomic E-state index is 2.36. The lowest BCUT2D eigenvalue weighted by Crippen LogP contribution is -2.35. The highest BCUT2D eigenvalue weighted by molar-refractivity contribution is 8.34. The third-order valence-corrected chi connectivity index (χ3v) is 8.59. The van der Waals surface area contributed by atoms with Crippen LogP contribution in [0.1, 0.15) is 27.2 Å². The highest BCUT2D eigenvalue weighted by atomic mass is 32.3. The van der Waals surface area contributed by atoms with Gasteiger partial charge in [0.25, 0.3) is 0 Å². The minimum atomic E-state index is 0.405. The van der Waals surface area contributed by atoms with Crippen molar-refractivity contribution in [1.82, 2.24) is 0 Å². The molecule has 1 aliphatic heterocycles. The van der Waals surface area contributed by atoms with Gasteiger partial charge in [-0.15, -0.1) is 35.3 Å².